The molecule has 0 saturated carbocycles. The number of esters is 1. The molecule has 154 valence electrons. The topological polar surface area (TPSA) is 104 Å². The van der Waals surface area contributed by atoms with Crippen molar-refractivity contribution in [2.45, 2.75) is 6.54 Å². The Labute approximate surface area is 183 Å². The largest absolute Gasteiger partial charge is 0.468 e. The lowest BCUT2D eigenvalue weighted by Gasteiger charge is -2.05. The number of halogens is 2. The average Bonchev–Trinajstić information content (AvgIpc) is 3.03. The second kappa shape index (κ2) is 9.21. The summed E-state index contributed by atoms with van der Waals surface area (Å²) in [5.74, 6) is -1.16. The lowest BCUT2D eigenvalue weighted by atomic mass is 10.2. The summed E-state index contributed by atoms with van der Waals surface area (Å²) < 4.78 is 6.83. The molecule has 30 heavy (non-hydrogen) atoms. The Morgan fingerprint density at radius 1 is 1.30 bits per heavy atom. The third-order valence-electron chi connectivity index (χ3n) is 3.92. The van der Waals surface area contributed by atoms with Crippen molar-refractivity contribution >= 4 is 68.4 Å². The molecule has 0 unspecified atom stereocenters. The summed E-state index contributed by atoms with van der Waals surface area (Å²) in [6, 6.07) is 9.01. The van der Waals surface area contributed by atoms with E-state index in [0.29, 0.717) is 25.8 Å². The fourth-order valence-electron chi connectivity index (χ4n) is 2.60. The number of hydrogen-bond acceptors (Lipinski definition) is 6. The van der Waals surface area contributed by atoms with E-state index in [2.05, 4.69) is 4.99 Å². The van der Waals surface area contributed by atoms with Gasteiger partial charge in [0.15, 0.2) is 4.80 Å². The first-order valence-corrected chi connectivity index (χ1v) is 9.92. The third-order valence-corrected chi connectivity index (χ3v) is 5.45. The molecule has 2 aromatic carbocycles. The fourth-order valence-corrected chi connectivity index (χ4v) is 4.41. The monoisotopic (exact) mass is 465 g/mol. The molecule has 1 amide bonds. The number of nitro groups is 1. The molecule has 0 aliphatic carbocycles. The minimum Gasteiger partial charge on any atom is -0.468 e. The van der Waals surface area contributed by atoms with Gasteiger partial charge < -0.3 is 9.30 Å². The first kappa shape index (κ1) is 21.7. The van der Waals surface area contributed by atoms with E-state index in [4.69, 9.17) is 27.9 Å². The first-order chi connectivity index (χ1) is 14.3. The van der Waals surface area contributed by atoms with Crippen molar-refractivity contribution < 1.29 is 19.2 Å². The number of carbonyl (C=O) groups is 2. The van der Waals surface area contributed by atoms with Crippen LogP contribution in [0.25, 0.3) is 16.3 Å². The number of aromatic nitrogens is 1. The number of rotatable bonds is 5. The molecule has 8 nitrogen and oxygen atoms in total. The summed E-state index contributed by atoms with van der Waals surface area (Å²) in [5, 5.41) is 11.6. The van der Waals surface area contributed by atoms with Gasteiger partial charge in [-0.25, -0.2) is 0 Å². The molecule has 3 aromatic rings. The summed E-state index contributed by atoms with van der Waals surface area (Å²) in [6.45, 7) is -0.196. The van der Waals surface area contributed by atoms with Gasteiger partial charge in [-0.05, 0) is 23.8 Å². The van der Waals surface area contributed by atoms with Crippen LogP contribution in [0.4, 0.5) is 5.69 Å². The van der Waals surface area contributed by atoms with E-state index in [1.54, 1.807) is 12.1 Å². The quantitative estimate of drug-likeness (QED) is 0.242. The average molecular weight is 466 g/mol. The molecule has 3 rings (SSSR count). The van der Waals surface area contributed by atoms with Crippen LogP contribution in [0, 0.1) is 10.1 Å². The minimum atomic E-state index is -0.617. The number of methoxy groups -OCH3 is 1. The molecule has 0 bridgehead atoms. The summed E-state index contributed by atoms with van der Waals surface area (Å²) >= 11 is 13.5. The molecule has 0 spiro atoms. The van der Waals surface area contributed by atoms with Crippen LogP contribution in [-0.2, 0) is 20.9 Å². The fraction of sp³-hybridized carbons (Fsp3) is 0.105. The minimum absolute atomic E-state index is 0.0894. The predicted molar refractivity (Wildman–Crippen MR) is 115 cm³/mol. The van der Waals surface area contributed by atoms with Gasteiger partial charge in [-0.1, -0.05) is 46.7 Å². The molecule has 0 aliphatic heterocycles. The van der Waals surface area contributed by atoms with Crippen LogP contribution < -0.4 is 4.80 Å². The Balaban J connectivity index is 2.02. The Kier molecular flexibility index (Phi) is 6.66. The zero-order valence-corrected chi connectivity index (χ0v) is 17.7. The van der Waals surface area contributed by atoms with Crippen molar-refractivity contribution in [2.24, 2.45) is 4.99 Å². The number of benzene rings is 2. The van der Waals surface area contributed by atoms with Crippen LogP contribution in [0.15, 0.2) is 47.5 Å². The zero-order chi connectivity index (χ0) is 21.8. The van der Waals surface area contributed by atoms with E-state index >= 15 is 0 Å². The summed E-state index contributed by atoms with van der Waals surface area (Å²) in [7, 11) is 1.25. The van der Waals surface area contributed by atoms with Gasteiger partial charge in [-0.3, -0.25) is 19.7 Å². The van der Waals surface area contributed by atoms with Gasteiger partial charge in [0.05, 0.1) is 27.3 Å². The molecule has 0 fully saturated rings. The Bertz CT molecular complexity index is 1260. The molecular weight excluding hydrogens is 453 g/mol. The van der Waals surface area contributed by atoms with E-state index < -0.39 is 16.8 Å². The van der Waals surface area contributed by atoms with E-state index in [9.17, 15) is 19.7 Å². The predicted octanol–water partition coefficient (Wildman–Crippen LogP) is 4.23. The number of hydrogen-bond donors (Lipinski definition) is 0. The number of ether oxygens (including phenoxy) is 1. The van der Waals surface area contributed by atoms with E-state index in [-0.39, 0.29) is 17.0 Å². The number of fused-ring (bicyclic) bond motifs is 1. The van der Waals surface area contributed by atoms with Crippen molar-refractivity contribution in [3.05, 3.63) is 73.0 Å². The van der Waals surface area contributed by atoms with Crippen LogP contribution in [-0.4, -0.2) is 28.5 Å². The van der Waals surface area contributed by atoms with Crippen LogP contribution in [0.1, 0.15) is 5.56 Å². The molecule has 1 aromatic heterocycles. The summed E-state index contributed by atoms with van der Waals surface area (Å²) in [6.07, 6.45) is 2.60. The van der Waals surface area contributed by atoms with Crippen molar-refractivity contribution in [3.63, 3.8) is 0 Å². The smallest absolute Gasteiger partial charge is 0.325 e. The molecule has 0 aliphatic rings. The van der Waals surface area contributed by atoms with E-state index in [1.165, 1.54) is 48.1 Å². The van der Waals surface area contributed by atoms with Gasteiger partial charge in [0.1, 0.15) is 6.54 Å². The van der Waals surface area contributed by atoms with Gasteiger partial charge in [0.2, 0.25) is 0 Å². The van der Waals surface area contributed by atoms with Gasteiger partial charge in [-0.2, -0.15) is 4.99 Å². The molecule has 0 saturated heterocycles. The molecule has 0 radical (unpaired) electrons. The maximum absolute atomic E-state index is 12.4. The molecule has 1 heterocycles. The molecule has 0 atom stereocenters. The van der Waals surface area contributed by atoms with Crippen LogP contribution in [0.3, 0.4) is 0 Å². The summed E-state index contributed by atoms with van der Waals surface area (Å²) in [5.41, 5.74) is 0.889. The highest BCUT2D eigenvalue weighted by atomic mass is 35.5. The third kappa shape index (κ3) is 4.93. The maximum atomic E-state index is 12.4. The SMILES string of the molecule is COC(=O)Cn1c(=NC(=O)/C=C/c2cccc([N+](=O)[O-])c2)sc2cc(Cl)cc(Cl)c21. The highest BCUT2D eigenvalue weighted by Gasteiger charge is 2.15. The lowest BCUT2D eigenvalue weighted by Crippen LogP contribution is -2.22. The number of nitro benzene ring substituents is 1. The second-order valence-electron chi connectivity index (χ2n) is 5.92. The standard InChI is InChI=1S/C19H13Cl2N3O5S/c1-29-17(26)10-23-18-14(21)8-12(20)9-15(18)30-19(23)22-16(25)6-5-11-3-2-4-13(7-11)24(27)28/h2-9H,10H2,1H3/b6-5+,22-19?. The highest BCUT2D eigenvalue weighted by Crippen LogP contribution is 2.29. The van der Waals surface area contributed by atoms with E-state index in [0.717, 1.165) is 11.3 Å². The number of carbonyl (C=O) groups excluding carboxylic acids is 2. The van der Waals surface area contributed by atoms with Gasteiger partial charge >= 0.3 is 5.97 Å². The normalized spacial score (nSPS) is 11.9. The molecular formula is C19H13Cl2N3O5S. The van der Waals surface area contributed by atoms with Crippen molar-refractivity contribution in [1.29, 1.82) is 0 Å². The Hall–Kier alpha value is -3.01. The number of nitrogens with zero attached hydrogens (tertiary/aromatic N) is 3. The molecule has 0 N–H and O–H groups in total. The van der Waals surface area contributed by atoms with Crippen molar-refractivity contribution in [1.82, 2.24) is 4.57 Å². The van der Waals surface area contributed by atoms with Crippen LogP contribution in [0.5, 0.6) is 0 Å². The number of thiazole rings is 1. The van der Waals surface area contributed by atoms with Gasteiger partial charge in [-0.15, -0.1) is 0 Å². The Morgan fingerprint density at radius 3 is 2.77 bits per heavy atom. The lowest BCUT2D eigenvalue weighted by molar-refractivity contribution is -0.384. The van der Waals surface area contributed by atoms with Crippen LogP contribution in [0.2, 0.25) is 10.0 Å². The van der Waals surface area contributed by atoms with Crippen LogP contribution >= 0.6 is 34.5 Å². The van der Waals surface area contributed by atoms with Crippen molar-refractivity contribution in [3.8, 4) is 0 Å². The number of non-ortho nitro benzene ring substituents is 1. The van der Waals surface area contributed by atoms with E-state index in [1.807, 2.05) is 0 Å². The second-order valence-corrected chi connectivity index (χ2v) is 7.77. The number of amides is 1. The maximum Gasteiger partial charge on any atom is 0.325 e. The Morgan fingerprint density at radius 2 is 2.07 bits per heavy atom. The van der Waals surface area contributed by atoms with Crippen molar-refractivity contribution in [2.75, 3.05) is 7.11 Å². The zero-order valence-electron chi connectivity index (χ0n) is 15.4. The molecule has 11 heteroatoms. The first-order valence-electron chi connectivity index (χ1n) is 8.35. The van der Waals surface area contributed by atoms with Gasteiger partial charge in [0, 0.05) is 23.2 Å². The summed E-state index contributed by atoms with van der Waals surface area (Å²) in [4.78, 5) is 38.8. The van der Waals surface area contributed by atoms with Gasteiger partial charge in [0.25, 0.3) is 11.6 Å². The highest BCUT2D eigenvalue weighted by molar-refractivity contribution is 7.16.